The Balaban J connectivity index is 1.74. The van der Waals surface area contributed by atoms with E-state index in [2.05, 4.69) is 5.32 Å². The van der Waals surface area contributed by atoms with Crippen LogP contribution in [-0.2, 0) is 24.3 Å². The van der Waals surface area contributed by atoms with Crippen molar-refractivity contribution in [1.82, 2.24) is 9.62 Å². The number of ether oxygens (including phenoxy) is 1. The highest BCUT2D eigenvalue weighted by Gasteiger charge is 2.34. The number of thioether (sulfide) groups is 1. The zero-order valence-electron chi connectivity index (χ0n) is 12.1. The summed E-state index contributed by atoms with van der Waals surface area (Å²) < 4.78 is 30.7. The van der Waals surface area contributed by atoms with Gasteiger partial charge in [0, 0.05) is 31.1 Å². The van der Waals surface area contributed by atoms with Gasteiger partial charge in [-0.05, 0) is 12.8 Å². The van der Waals surface area contributed by atoms with Gasteiger partial charge in [0.1, 0.15) is 6.10 Å². The molecule has 8 nitrogen and oxygen atoms in total. The van der Waals surface area contributed by atoms with E-state index in [1.54, 1.807) is 11.8 Å². The van der Waals surface area contributed by atoms with Crippen LogP contribution in [0.5, 0.6) is 0 Å². The summed E-state index contributed by atoms with van der Waals surface area (Å²) >= 11 is 1.72. The normalized spacial score (nSPS) is 26.7. The highest BCUT2D eigenvalue weighted by Crippen LogP contribution is 2.20. The number of carbonyl (C=O) groups is 2. The number of rotatable bonds is 6. The van der Waals surface area contributed by atoms with Crippen LogP contribution in [0.3, 0.4) is 0 Å². The molecule has 0 unspecified atom stereocenters. The first-order valence-electron chi connectivity index (χ1n) is 7.12. The minimum Gasteiger partial charge on any atom is -0.479 e. The van der Waals surface area contributed by atoms with Gasteiger partial charge in [-0.25, -0.2) is 17.5 Å². The largest absolute Gasteiger partial charge is 0.479 e. The lowest BCUT2D eigenvalue weighted by molar-refractivity contribution is -0.151. The van der Waals surface area contributed by atoms with Crippen LogP contribution < -0.4 is 5.32 Å². The zero-order valence-corrected chi connectivity index (χ0v) is 13.7. The topological polar surface area (TPSA) is 113 Å². The molecule has 0 aromatic heterocycles. The summed E-state index contributed by atoms with van der Waals surface area (Å²) in [6.07, 6.45) is -1.14. The Morgan fingerprint density at radius 1 is 1.23 bits per heavy atom. The third kappa shape index (κ3) is 4.58. The van der Waals surface area contributed by atoms with Crippen LogP contribution in [-0.4, -0.2) is 78.8 Å². The highest BCUT2D eigenvalue weighted by atomic mass is 32.2. The van der Waals surface area contributed by atoms with Gasteiger partial charge < -0.3 is 15.2 Å². The molecule has 0 aromatic carbocycles. The molecule has 0 aromatic rings. The van der Waals surface area contributed by atoms with Crippen molar-refractivity contribution < 1.29 is 27.9 Å². The van der Waals surface area contributed by atoms with Gasteiger partial charge in [-0.2, -0.15) is 11.8 Å². The predicted molar refractivity (Wildman–Crippen MR) is 81.2 cm³/mol. The van der Waals surface area contributed by atoms with Gasteiger partial charge in [-0.1, -0.05) is 0 Å². The number of carboxylic acids is 1. The second-order valence-corrected chi connectivity index (χ2v) is 8.46. The lowest BCUT2D eigenvalue weighted by Gasteiger charge is -2.25. The molecule has 22 heavy (non-hydrogen) atoms. The van der Waals surface area contributed by atoms with E-state index in [-0.39, 0.29) is 18.7 Å². The Morgan fingerprint density at radius 2 is 1.86 bits per heavy atom. The SMILES string of the molecule is O=C(NCCS(=O)(=O)N1CCSCC1)[C@@H]1CC[C@H](C(=O)O)O1. The molecule has 2 heterocycles. The van der Waals surface area contributed by atoms with Crippen LogP contribution >= 0.6 is 11.8 Å². The van der Waals surface area contributed by atoms with E-state index in [4.69, 9.17) is 9.84 Å². The van der Waals surface area contributed by atoms with Crippen molar-refractivity contribution >= 4 is 33.7 Å². The number of amides is 1. The fourth-order valence-electron chi connectivity index (χ4n) is 2.38. The first-order chi connectivity index (χ1) is 10.4. The van der Waals surface area contributed by atoms with Crippen LogP contribution in [0.2, 0.25) is 0 Å². The Bertz CT molecular complexity index is 518. The van der Waals surface area contributed by atoms with Crippen LogP contribution in [0.25, 0.3) is 0 Å². The zero-order chi connectivity index (χ0) is 16.2. The van der Waals surface area contributed by atoms with Crippen LogP contribution in [0, 0.1) is 0 Å². The standard InChI is InChI=1S/C12H20N2O6S2/c15-11(9-1-2-10(20-9)12(16)17)13-3-8-22(18,19)14-4-6-21-7-5-14/h9-10H,1-8H2,(H,13,15)(H,16,17)/t9-,10+/m0/s1. The Hall–Kier alpha value is -0.840. The number of sulfonamides is 1. The lowest BCUT2D eigenvalue weighted by Crippen LogP contribution is -2.43. The Labute approximate surface area is 133 Å². The number of hydrogen-bond acceptors (Lipinski definition) is 6. The van der Waals surface area contributed by atoms with Crippen LogP contribution in [0.1, 0.15) is 12.8 Å². The molecule has 0 aliphatic carbocycles. The van der Waals surface area contributed by atoms with E-state index in [1.807, 2.05) is 0 Å². The summed E-state index contributed by atoms with van der Waals surface area (Å²) in [5.41, 5.74) is 0. The molecular weight excluding hydrogens is 332 g/mol. The molecule has 0 bridgehead atoms. The minimum atomic E-state index is -3.36. The van der Waals surface area contributed by atoms with Crippen molar-refractivity contribution in [3.05, 3.63) is 0 Å². The van der Waals surface area contributed by atoms with Crippen molar-refractivity contribution in [2.24, 2.45) is 0 Å². The van der Waals surface area contributed by atoms with Crippen molar-refractivity contribution in [2.75, 3.05) is 36.9 Å². The second-order valence-electron chi connectivity index (χ2n) is 5.15. The van der Waals surface area contributed by atoms with E-state index in [9.17, 15) is 18.0 Å². The molecule has 1 amide bonds. The lowest BCUT2D eigenvalue weighted by atomic mass is 10.2. The average Bonchev–Trinajstić information content (AvgIpc) is 2.98. The summed E-state index contributed by atoms with van der Waals surface area (Å²) in [6.45, 7) is 1.02. The summed E-state index contributed by atoms with van der Waals surface area (Å²) in [7, 11) is -3.36. The average molecular weight is 352 g/mol. The van der Waals surface area contributed by atoms with Crippen molar-refractivity contribution in [2.45, 2.75) is 25.0 Å². The van der Waals surface area contributed by atoms with Gasteiger partial charge >= 0.3 is 5.97 Å². The minimum absolute atomic E-state index is 0.00239. The summed E-state index contributed by atoms with van der Waals surface area (Å²) in [6, 6.07) is 0. The number of aliphatic carboxylic acids is 1. The smallest absolute Gasteiger partial charge is 0.332 e. The Morgan fingerprint density at radius 3 is 2.45 bits per heavy atom. The molecule has 2 N–H and O–H groups in total. The molecular formula is C12H20N2O6S2. The molecule has 0 saturated carbocycles. The van der Waals surface area contributed by atoms with Gasteiger partial charge in [0.15, 0.2) is 6.10 Å². The third-order valence-corrected chi connectivity index (χ3v) is 6.42. The molecule has 126 valence electrons. The van der Waals surface area contributed by atoms with Crippen molar-refractivity contribution in [3.8, 4) is 0 Å². The number of carbonyl (C=O) groups excluding carboxylic acids is 1. The maximum atomic E-state index is 12.1. The van der Waals surface area contributed by atoms with E-state index in [0.29, 0.717) is 19.5 Å². The first-order valence-corrected chi connectivity index (χ1v) is 9.88. The second kappa shape index (κ2) is 7.62. The summed E-state index contributed by atoms with van der Waals surface area (Å²) in [5.74, 6) is -0.108. The van der Waals surface area contributed by atoms with Gasteiger partial charge in [-0.3, -0.25) is 4.79 Å². The molecule has 2 aliphatic heterocycles. The van der Waals surface area contributed by atoms with Crippen molar-refractivity contribution in [1.29, 1.82) is 0 Å². The number of hydrogen-bond donors (Lipinski definition) is 2. The summed E-state index contributed by atoms with van der Waals surface area (Å²) in [4.78, 5) is 22.6. The number of nitrogens with one attached hydrogen (secondary N) is 1. The molecule has 2 saturated heterocycles. The van der Waals surface area contributed by atoms with Gasteiger partial charge in [0.25, 0.3) is 0 Å². The van der Waals surface area contributed by atoms with E-state index in [0.717, 1.165) is 11.5 Å². The van der Waals surface area contributed by atoms with Crippen molar-refractivity contribution in [3.63, 3.8) is 0 Å². The maximum Gasteiger partial charge on any atom is 0.332 e. The molecule has 2 rings (SSSR count). The predicted octanol–water partition coefficient (Wildman–Crippen LogP) is -0.887. The van der Waals surface area contributed by atoms with E-state index < -0.39 is 34.1 Å². The Kier molecular flexibility index (Phi) is 6.07. The van der Waals surface area contributed by atoms with Crippen LogP contribution in [0.15, 0.2) is 0 Å². The summed E-state index contributed by atoms with van der Waals surface area (Å²) in [5, 5.41) is 11.3. The molecule has 10 heteroatoms. The van der Waals surface area contributed by atoms with Gasteiger partial charge in [0.05, 0.1) is 5.75 Å². The van der Waals surface area contributed by atoms with E-state index >= 15 is 0 Å². The number of nitrogens with zero attached hydrogens (tertiary/aromatic N) is 1. The fraction of sp³-hybridized carbons (Fsp3) is 0.833. The molecule has 2 aliphatic rings. The van der Waals surface area contributed by atoms with Gasteiger partial charge in [-0.15, -0.1) is 0 Å². The van der Waals surface area contributed by atoms with Crippen LogP contribution in [0.4, 0.5) is 0 Å². The monoisotopic (exact) mass is 352 g/mol. The maximum absolute atomic E-state index is 12.1. The fourth-order valence-corrected chi connectivity index (χ4v) is 4.87. The molecule has 2 atom stereocenters. The van der Waals surface area contributed by atoms with E-state index in [1.165, 1.54) is 4.31 Å². The molecule has 2 fully saturated rings. The van der Waals surface area contributed by atoms with Gasteiger partial charge in [0.2, 0.25) is 15.9 Å². The third-order valence-electron chi connectivity index (χ3n) is 3.61. The molecule has 0 spiro atoms. The first kappa shape index (κ1) is 17.5. The molecule has 0 radical (unpaired) electrons. The number of carboxylic acid groups (broad SMARTS) is 1. The quantitative estimate of drug-likeness (QED) is 0.638. The highest BCUT2D eigenvalue weighted by molar-refractivity contribution is 7.99.